The summed E-state index contributed by atoms with van der Waals surface area (Å²) in [6, 6.07) is 8.23. The van der Waals surface area contributed by atoms with Crippen LogP contribution in [0.15, 0.2) is 24.3 Å². The number of carbonyl (C=O) groups is 1. The SMILES string of the molecule is O=C(O)CCC1CCN(Cc2sc3ccccc3c2Cl)C1. The van der Waals surface area contributed by atoms with Crippen molar-refractivity contribution in [2.45, 2.75) is 25.8 Å². The molecular formula is C16H18ClNO2S. The summed E-state index contributed by atoms with van der Waals surface area (Å²) in [4.78, 5) is 14.3. The Labute approximate surface area is 133 Å². The summed E-state index contributed by atoms with van der Waals surface area (Å²) in [6.45, 7) is 2.90. The van der Waals surface area contributed by atoms with Gasteiger partial charge in [-0.25, -0.2) is 0 Å². The van der Waals surface area contributed by atoms with Crippen molar-refractivity contribution >= 4 is 39.0 Å². The molecule has 2 heterocycles. The first-order valence-electron chi connectivity index (χ1n) is 7.23. The number of aliphatic carboxylic acids is 1. The van der Waals surface area contributed by atoms with Gasteiger partial charge in [0.2, 0.25) is 0 Å². The fourth-order valence-corrected chi connectivity index (χ4v) is 4.52. The van der Waals surface area contributed by atoms with E-state index in [1.807, 2.05) is 12.1 Å². The highest BCUT2D eigenvalue weighted by molar-refractivity contribution is 7.19. The van der Waals surface area contributed by atoms with E-state index < -0.39 is 5.97 Å². The third-order valence-corrected chi connectivity index (χ3v) is 5.80. The fraction of sp³-hybridized carbons (Fsp3) is 0.438. The quantitative estimate of drug-likeness (QED) is 0.894. The molecule has 1 fully saturated rings. The Morgan fingerprint density at radius 3 is 3.00 bits per heavy atom. The van der Waals surface area contributed by atoms with Gasteiger partial charge in [-0.05, 0) is 31.4 Å². The third-order valence-electron chi connectivity index (χ3n) is 4.11. The second kappa shape index (κ2) is 6.34. The lowest BCUT2D eigenvalue weighted by atomic mass is 10.0. The number of hydrogen-bond donors (Lipinski definition) is 1. The molecule has 112 valence electrons. The molecule has 0 amide bonds. The summed E-state index contributed by atoms with van der Waals surface area (Å²) in [7, 11) is 0. The molecule has 0 spiro atoms. The van der Waals surface area contributed by atoms with Crippen LogP contribution in [0.5, 0.6) is 0 Å². The van der Waals surface area contributed by atoms with E-state index in [0.717, 1.165) is 42.9 Å². The minimum atomic E-state index is -0.694. The maximum absolute atomic E-state index is 10.6. The normalized spacial score (nSPS) is 19.4. The van der Waals surface area contributed by atoms with Gasteiger partial charge in [0.15, 0.2) is 0 Å². The number of carboxylic acid groups (broad SMARTS) is 1. The zero-order valence-corrected chi connectivity index (χ0v) is 13.3. The lowest BCUT2D eigenvalue weighted by Gasteiger charge is -2.15. The zero-order valence-electron chi connectivity index (χ0n) is 11.7. The summed E-state index contributed by atoms with van der Waals surface area (Å²) < 4.78 is 1.24. The van der Waals surface area contributed by atoms with Crippen LogP contribution in [0.3, 0.4) is 0 Å². The van der Waals surface area contributed by atoms with E-state index in [1.54, 1.807) is 11.3 Å². The molecule has 0 saturated carbocycles. The van der Waals surface area contributed by atoms with E-state index in [9.17, 15) is 4.79 Å². The second-order valence-corrected chi connectivity index (χ2v) is 7.17. The van der Waals surface area contributed by atoms with Gasteiger partial charge in [-0.3, -0.25) is 9.69 Å². The lowest BCUT2D eigenvalue weighted by molar-refractivity contribution is -0.137. The molecule has 5 heteroatoms. The molecule has 1 N–H and O–H groups in total. The van der Waals surface area contributed by atoms with Gasteiger partial charge in [-0.2, -0.15) is 0 Å². The number of carboxylic acids is 1. The molecule has 2 aromatic rings. The molecule has 1 aliphatic heterocycles. The standard InChI is InChI=1S/C16H18ClNO2S/c17-16-12-3-1-2-4-13(12)21-14(16)10-18-8-7-11(9-18)5-6-15(19)20/h1-4,11H,5-10H2,(H,19,20). The van der Waals surface area contributed by atoms with Crippen molar-refractivity contribution in [3.8, 4) is 0 Å². The summed E-state index contributed by atoms with van der Waals surface area (Å²) in [5.74, 6) is -0.185. The molecule has 1 aliphatic rings. The minimum absolute atomic E-state index is 0.280. The van der Waals surface area contributed by atoms with Gasteiger partial charge in [0.25, 0.3) is 0 Å². The van der Waals surface area contributed by atoms with E-state index >= 15 is 0 Å². The van der Waals surface area contributed by atoms with Gasteiger partial charge in [-0.15, -0.1) is 11.3 Å². The highest BCUT2D eigenvalue weighted by Gasteiger charge is 2.24. The van der Waals surface area contributed by atoms with Gasteiger partial charge in [0, 0.05) is 34.5 Å². The Balaban J connectivity index is 1.64. The van der Waals surface area contributed by atoms with Crippen LogP contribution in [0.25, 0.3) is 10.1 Å². The summed E-state index contributed by atoms with van der Waals surface area (Å²) in [6.07, 6.45) is 2.16. The van der Waals surface area contributed by atoms with E-state index in [4.69, 9.17) is 16.7 Å². The molecule has 1 aromatic carbocycles. The first kappa shape index (κ1) is 14.8. The number of rotatable bonds is 5. The molecule has 0 radical (unpaired) electrons. The lowest BCUT2D eigenvalue weighted by Crippen LogP contribution is -2.19. The monoisotopic (exact) mass is 323 g/mol. The smallest absolute Gasteiger partial charge is 0.303 e. The van der Waals surface area contributed by atoms with Crippen LogP contribution >= 0.6 is 22.9 Å². The molecule has 21 heavy (non-hydrogen) atoms. The zero-order chi connectivity index (χ0) is 14.8. The van der Waals surface area contributed by atoms with Gasteiger partial charge < -0.3 is 5.11 Å². The van der Waals surface area contributed by atoms with Crippen LogP contribution in [-0.4, -0.2) is 29.1 Å². The van der Waals surface area contributed by atoms with Gasteiger partial charge in [0.1, 0.15) is 0 Å². The molecular weight excluding hydrogens is 306 g/mol. The maximum atomic E-state index is 10.6. The minimum Gasteiger partial charge on any atom is -0.481 e. The number of benzene rings is 1. The predicted molar refractivity (Wildman–Crippen MR) is 87.1 cm³/mol. The fourth-order valence-electron chi connectivity index (χ4n) is 2.99. The molecule has 0 aliphatic carbocycles. The van der Waals surface area contributed by atoms with Crippen molar-refractivity contribution in [2.24, 2.45) is 5.92 Å². The Hall–Kier alpha value is -1.10. The summed E-state index contributed by atoms with van der Waals surface area (Å²) in [5, 5.41) is 10.8. The highest BCUT2D eigenvalue weighted by atomic mass is 35.5. The highest BCUT2D eigenvalue weighted by Crippen LogP contribution is 2.36. The van der Waals surface area contributed by atoms with E-state index in [1.165, 1.54) is 9.58 Å². The van der Waals surface area contributed by atoms with Crippen molar-refractivity contribution in [1.29, 1.82) is 0 Å². The van der Waals surface area contributed by atoms with Crippen LogP contribution < -0.4 is 0 Å². The van der Waals surface area contributed by atoms with Crippen molar-refractivity contribution in [1.82, 2.24) is 4.90 Å². The summed E-state index contributed by atoms with van der Waals surface area (Å²) in [5.41, 5.74) is 0. The number of halogens is 1. The van der Waals surface area contributed by atoms with Crippen molar-refractivity contribution in [2.75, 3.05) is 13.1 Å². The van der Waals surface area contributed by atoms with Crippen LogP contribution in [0.2, 0.25) is 5.02 Å². The van der Waals surface area contributed by atoms with Crippen molar-refractivity contribution in [3.05, 3.63) is 34.2 Å². The number of hydrogen-bond acceptors (Lipinski definition) is 3. The van der Waals surface area contributed by atoms with Gasteiger partial charge >= 0.3 is 5.97 Å². The van der Waals surface area contributed by atoms with Crippen molar-refractivity contribution in [3.63, 3.8) is 0 Å². The number of nitrogens with zero attached hydrogens (tertiary/aromatic N) is 1. The topological polar surface area (TPSA) is 40.5 Å². The summed E-state index contributed by atoms with van der Waals surface area (Å²) >= 11 is 8.24. The van der Waals surface area contributed by atoms with Crippen molar-refractivity contribution < 1.29 is 9.90 Å². The molecule has 1 aromatic heterocycles. The first-order chi connectivity index (χ1) is 10.1. The number of likely N-dealkylation sites (tertiary alicyclic amines) is 1. The first-order valence-corrected chi connectivity index (χ1v) is 8.43. The number of fused-ring (bicyclic) bond motifs is 1. The third kappa shape index (κ3) is 3.39. The molecule has 3 rings (SSSR count). The van der Waals surface area contributed by atoms with Crippen LogP contribution in [-0.2, 0) is 11.3 Å². The Morgan fingerprint density at radius 2 is 2.24 bits per heavy atom. The largest absolute Gasteiger partial charge is 0.481 e. The molecule has 1 unspecified atom stereocenters. The average molecular weight is 324 g/mol. The van der Waals surface area contributed by atoms with E-state index in [2.05, 4.69) is 17.0 Å². The van der Waals surface area contributed by atoms with E-state index in [-0.39, 0.29) is 6.42 Å². The van der Waals surface area contributed by atoms with Crippen LogP contribution in [0.1, 0.15) is 24.1 Å². The van der Waals surface area contributed by atoms with Crippen LogP contribution in [0.4, 0.5) is 0 Å². The Bertz CT molecular complexity index is 655. The molecule has 3 nitrogen and oxygen atoms in total. The molecule has 0 bridgehead atoms. The van der Waals surface area contributed by atoms with Gasteiger partial charge in [-0.1, -0.05) is 29.8 Å². The maximum Gasteiger partial charge on any atom is 0.303 e. The van der Waals surface area contributed by atoms with Gasteiger partial charge in [0.05, 0.1) is 5.02 Å². The molecule has 1 saturated heterocycles. The Morgan fingerprint density at radius 1 is 1.43 bits per heavy atom. The Kier molecular flexibility index (Phi) is 4.48. The number of thiophene rings is 1. The predicted octanol–water partition coefficient (Wildman–Crippen LogP) is 4.24. The average Bonchev–Trinajstić information content (AvgIpc) is 3.03. The van der Waals surface area contributed by atoms with E-state index in [0.29, 0.717) is 5.92 Å². The van der Waals surface area contributed by atoms with Crippen LogP contribution in [0, 0.1) is 5.92 Å². The molecule has 1 atom stereocenters. The second-order valence-electron chi connectivity index (χ2n) is 5.66.